The second-order valence-electron chi connectivity index (χ2n) is 4.10. The fourth-order valence-electron chi connectivity index (χ4n) is 1.60. The van der Waals surface area contributed by atoms with Crippen LogP contribution in [-0.4, -0.2) is 36.7 Å². The number of carboxylic acids is 1. The monoisotopic (exact) mass is 363 g/mol. The first-order chi connectivity index (χ1) is 9.47. The summed E-state index contributed by atoms with van der Waals surface area (Å²) in [6.07, 6.45) is 0.834. The number of hydrogen-bond donors (Lipinski definition) is 2. The minimum Gasteiger partial charge on any atom is -0.480 e. The molecule has 1 rings (SSSR count). The maximum Gasteiger partial charge on any atom is 0.326 e. The molecule has 0 fully saturated rings. The zero-order valence-corrected chi connectivity index (χ0v) is 13.2. The van der Waals surface area contributed by atoms with Crippen molar-refractivity contribution in [3.8, 4) is 0 Å². The van der Waals surface area contributed by atoms with Crippen molar-refractivity contribution >= 4 is 39.4 Å². The number of benzene rings is 1. The van der Waals surface area contributed by atoms with Crippen molar-refractivity contribution in [2.75, 3.05) is 13.7 Å². The van der Waals surface area contributed by atoms with Gasteiger partial charge in [-0.25, -0.2) is 4.79 Å². The van der Waals surface area contributed by atoms with Crippen LogP contribution in [0.25, 0.3) is 0 Å². The van der Waals surface area contributed by atoms with Gasteiger partial charge < -0.3 is 15.2 Å². The van der Waals surface area contributed by atoms with Crippen molar-refractivity contribution in [1.82, 2.24) is 5.32 Å². The minimum absolute atomic E-state index is 0.235. The Labute approximate surface area is 130 Å². The molecule has 0 saturated heterocycles. The molecule has 0 bridgehead atoms. The Bertz CT molecular complexity index is 495. The Morgan fingerprint density at radius 2 is 2.20 bits per heavy atom. The van der Waals surface area contributed by atoms with Crippen LogP contribution in [0, 0.1) is 0 Å². The van der Waals surface area contributed by atoms with Crippen LogP contribution < -0.4 is 5.32 Å². The van der Waals surface area contributed by atoms with Crippen LogP contribution in [0.2, 0.25) is 5.02 Å². The lowest BCUT2D eigenvalue weighted by Crippen LogP contribution is -2.41. The maximum absolute atomic E-state index is 12.1. The van der Waals surface area contributed by atoms with Gasteiger partial charge in [0.25, 0.3) is 5.91 Å². The maximum atomic E-state index is 12.1. The van der Waals surface area contributed by atoms with E-state index in [1.807, 2.05) is 0 Å². The molecule has 0 heterocycles. The molecule has 0 radical (unpaired) electrons. The number of ether oxygens (including phenoxy) is 1. The molecule has 0 spiro atoms. The number of rotatable bonds is 7. The molecule has 0 saturated carbocycles. The molecule has 1 aromatic rings. The molecule has 1 atom stereocenters. The van der Waals surface area contributed by atoms with Crippen LogP contribution in [0.1, 0.15) is 23.2 Å². The molecule has 0 aromatic heterocycles. The number of aliphatic carboxylic acids is 1. The molecule has 2 N–H and O–H groups in total. The average molecular weight is 365 g/mol. The van der Waals surface area contributed by atoms with Crippen LogP contribution in [0.5, 0.6) is 0 Å². The normalized spacial score (nSPS) is 11.9. The number of carbonyl (C=O) groups is 2. The van der Waals surface area contributed by atoms with Gasteiger partial charge in [0.2, 0.25) is 0 Å². The Hall–Kier alpha value is -1.11. The van der Waals surface area contributed by atoms with Gasteiger partial charge in [0.1, 0.15) is 6.04 Å². The number of methoxy groups -OCH3 is 1. The highest BCUT2D eigenvalue weighted by Crippen LogP contribution is 2.26. The summed E-state index contributed by atoms with van der Waals surface area (Å²) in [6.45, 7) is 0.442. The summed E-state index contributed by atoms with van der Waals surface area (Å²) >= 11 is 9.22. The number of halogens is 2. The van der Waals surface area contributed by atoms with Crippen molar-refractivity contribution < 1.29 is 19.4 Å². The van der Waals surface area contributed by atoms with Gasteiger partial charge in [-0.3, -0.25) is 4.79 Å². The lowest BCUT2D eigenvalue weighted by Gasteiger charge is -2.15. The highest BCUT2D eigenvalue weighted by atomic mass is 79.9. The molecule has 5 nitrogen and oxygen atoms in total. The van der Waals surface area contributed by atoms with Crippen molar-refractivity contribution in [1.29, 1.82) is 0 Å². The first-order valence-electron chi connectivity index (χ1n) is 5.94. The van der Waals surface area contributed by atoms with E-state index in [-0.39, 0.29) is 10.6 Å². The predicted molar refractivity (Wildman–Crippen MR) is 79.2 cm³/mol. The molecule has 0 aliphatic carbocycles. The second-order valence-corrected chi connectivity index (χ2v) is 5.33. The fraction of sp³-hybridized carbons (Fsp3) is 0.385. The molecular formula is C13H15BrClNO4. The van der Waals surface area contributed by atoms with Gasteiger partial charge >= 0.3 is 5.97 Å². The van der Waals surface area contributed by atoms with E-state index in [0.717, 1.165) is 0 Å². The van der Waals surface area contributed by atoms with Crippen molar-refractivity contribution in [2.45, 2.75) is 18.9 Å². The summed E-state index contributed by atoms with van der Waals surface area (Å²) in [5.41, 5.74) is 0.235. The Morgan fingerprint density at radius 3 is 2.80 bits per heavy atom. The highest BCUT2D eigenvalue weighted by molar-refractivity contribution is 9.10. The van der Waals surface area contributed by atoms with Crippen molar-refractivity contribution in [2.24, 2.45) is 0 Å². The lowest BCUT2D eigenvalue weighted by atomic mass is 10.1. The van der Waals surface area contributed by atoms with Gasteiger partial charge in [-0.1, -0.05) is 17.7 Å². The first-order valence-corrected chi connectivity index (χ1v) is 7.11. The minimum atomic E-state index is -1.08. The smallest absolute Gasteiger partial charge is 0.326 e. The third kappa shape index (κ3) is 4.77. The van der Waals surface area contributed by atoms with E-state index in [2.05, 4.69) is 21.2 Å². The molecule has 1 unspecified atom stereocenters. The molecule has 7 heteroatoms. The van der Waals surface area contributed by atoms with E-state index in [1.54, 1.807) is 12.1 Å². The molecule has 1 amide bonds. The van der Waals surface area contributed by atoms with Crippen LogP contribution >= 0.6 is 27.5 Å². The van der Waals surface area contributed by atoms with Crippen LogP contribution in [0.15, 0.2) is 22.7 Å². The van der Waals surface area contributed by atoms with E-state index >= 15 is 0 Å². The standard InChI is InChI=1S/C13H15BrClNO4/c1-20-7-3-6-10(13(18)19)16-12(17)8-4-2-5-9(14)11(8)15/h2,4-5,10H,3,6-7H2,1H3,(H,16,17)(H,18,19). The topological polar surface area (TPSA) is 75.6 Å². The zero-order valence-electron chi connectivity index (χ0n) is 10.9. The van der Waals surface area contributed by atoms with Gasteiger partial charge in [-0.15, -0.1) is 0 Å². The third-order valence-electron chi connectivity index (χ3n) is 2.64. The van der Waals surface area contributed by atoms with Crippen LogP contribution in [-0.2, 0) is 9.53 Å². The van der Waals surface area contributed by atoms with Crippen LogP contribution in [0.3, 0.4) is 0 Å². The van der Waals surface area contributed by atoms with Gasteiger partial charge in [0.15, 0.2) is 0 Å². The number of carboxylic acid groups (broad SMARTS) is 1. The summed E-state index contributed by atoms with van der Waals surface area (Å²) in [7, 11) is 1.54. The van der Waals surface area contributed by atoms with Crippen molar-refractivity contribution in [3.63, 3.8) is 0 Å². The lowest BCUT2D eigenvalue weighted by molar-refractivity contribution is -0.139. The van der Waals surface area contributed by atoms with E-state index in [0.29, 0.717) is 23.9 Å². The summed E-state index contributed by atoms with van der Waals surface area (Å²) in [5.74, 6) is -1.60. The molecule has 110 valence electrons. The molecule has 0 aliphatic rings. The van der Waals surface area contributed by atoms with Crippen molar-refractivity contribution in [3.05, 3.63) is 33.3 Å². The Morgan fingerprint density at radius 1 is 1.50 bits per heavy atom. The van der Waals surface area contributed by atoms with E-state index < -0.39 is 17.9 Å². The van der Waals surface area contributed by atoms with Gasteiger partial charge in [-0.05, 0) is 40.9 Å². The number of hydrogen-bond acceptors (Lipinski definition) is 3. The van der Waals surface area contributed by atoms with Crippen LogP contribution in [0.4, 0.5) is 0 Å². The third-order valence-corrected chi connectivity index (χ3v) is 3.94. The van der Waals surface area contributed by atoms with E-state index in [4.69, 9.17) is 21.4 Å². The number of nitrogens with one attached hydrogen (secondary N) is 1. The average Bonchev–Trinajstić information content (AvgIpc) is 2.40. The molecule has 1 aromatic carbocycles. The predicted octanol–water partition coefficient (Wildman–Crippen LogP) is 2.71. The Kier molecular flexibility index (Phi) is 6.98. The van der Waals surface area contributed by atoms with Gasteiger partial charge in [-0.2, -0.15) is 0 Å². The first kappa shape index (κ1) is 16.9. The SMILES string of the molecule is COCCCC(NC(=O)c1cccc(Br)c1Cl)C(=O)O. The Balaban J connectivity index is 2.75. The molecule has 0 aliphatic heterocycles. The number of carbonyl (C=O) groups excluding carboxylic acids is 1. The van der Waals surface area contributed by atoms with E-state index in [9.17, 15) is 9.59 Å². The highest BCUT2D eigenvalue weighted by Gasteiger charge is 2.21. The summed E-state index contributed by atoms with van der Waals surface area (Å²) < 4.78 is 5.45. The fourth-order valence-corrected chi connectivity index (χ4v) is 2.18. The van der Waals surface area contributed by atoms with Gasteiger partial charge in [0, 0.05) is 18.2 Å². The quantitative estimate of drug-likeness (QED) is 0.730. The summed E-state index contributed by atoms with van der Waals surface area (Å²) in [4.78, 5) is 23.2. The van der Waals surface area contributed by atoms with E-state index in [1.165, 1.54) is 13.2 Å². The summed E-state index contributed by atoms with van der Waals surface area (Å²) in [5, 5.41) is 11.8. The van der Waals surface area contributed by atoms with Gasteiger partial charge in [0.05, 0.1) is 10.6 Å². The second kappa shape index (κ2) is 8.24. The number of amides is 1. The zero-order chi connectivity index (χ0) is 15.1. The molecule has 20 heavy (non-hydrogen) atoms. The summed E-state index contributed by atoms with van der Waals surface area (Å²) in [6, 6.07) is 3.93. The molecular weight excluding hydrogens is 350 g/mol. The largest absolute Gasteiger partial charge is 0.480 e.